The lowest BCUT2D eigenvalue weighted by atomic mass is 10.9. The molecule has 3 nitrogen and oxygen atoms in total. The molecule has 0 aromatic heterocycles. The Hall–Kier alpha value is 1.25. The largest absolute Gasteiger partial charge is 0.374 e. The molecule has 0 rings (SSSR count). The summed E-state index contributed by atoms with van der Waals surface area (Å²) in [5, 5.41) is 0. The van der Waals surface area contributed by atoms with Crippen LogP contribution in [0.3, 0.4) is 0 Å². The van der Waals surface area contributed by atoms with E-state index in [-0.39, 0.29) is 0 Å². The van der Waals surface area contributed by atoms with Crippen LogP contribution in [0.1, 0.15) is 0 Å². The lowest BCUT2D eigenvalue weighted by Gasteiger charge is -2.51. The Labute approximate surface area is 150 Å². The van der Waals surface area contributed by atoms with Gasteiger partial charge in [0, 0.05) is 10.2 Å². The smallest absolute Gasteiger partial charge is 0.253 e. The van der Waals surface area contributed by atoms with Crippen molar-refractivity contribution in [3.63, 3.8) is 0 Å². The molecular formula is C13H34ClO3Si5. The molecule has 0 bridgehead atoms. The number of hydrogen-bond acceptors (Lipinski definition) is 3. The predicted molar refractivity (Wildman–Crippen MR) is 109 cm³/mol. The first-order valence-electron chi connectivity index (χ1n) is 7.87. The Bertz CT molecular complexity index is 317. The van der Waals surface area contributed by atoms with Crippen LogP contribution >= 0.6 is 11.1 Å². The lowest BCUT2D eigenvalue weighted by molar-refractivity contribution is -0.209. The second kappa shape index (κ2) is 7.65. The van der Waals surface area contributed by atoms with E-state index in [0.717, 1.165) is 12.1 Å². The van der Waals surface area contributed by atoms with E-state index in [9.17, 15) is 0 Å². The molecule has 0 aromatic rings. The van der Waals surface area contributed by atoms with Crippen LogP contribution < -0.4 is 0 Å². The summed E-state index contributed by atoms with van der Waals surface area (Å²) >= 11 is 7.08. The van der Waals surface area contributed by atoms with Gasteiger partial charge in [0.1, 0.15) is 0 Å². The SMILES string of the molecule is C[Si](C)(C)OC(O[Si](C)(C)C)(O[Si](C)(C)C)[Si](C)(Cl)CC[Si]. The highest BCUT2D eigenvalue weighted by Gasteiger charge is 2.58. The molecule has 0 saturated carbocycles. The van der Waals surface area contributed by atoms with Gasteiger partial charge in [-0.1, -0.05) is 6.04 Å². The Morgan fingerprint density at radius 1 is 0.727 bits per heavy atom. The van der Waals surface area contributed by atoms with E-state index >= 15 is 0 Å². The molecule has 0 aliphatic carbocycles. The Balaban J connectivity index is 6.01. The molecule has 0 N–H and O–H groups in total. The molecular weight excluding hydrogens is 380 g/mol. The molecule has 0 fully saturated rings. The average molecular weight is 414 g/mol. The van der Waals surface area contributed by atoms with Crippen molar-refractivity contribution in [2.45, 2.75) is 83.2 Å². The number of hydrogen-bond donors (Lipinski definition) is 0. The summed E-state index contributed by atoms with van der Waals surface area (Å²) in [6.45, 7) is 21.6. The molecule has 0 saturated heterocycles. The predicted octanol–water partition coefficient (Wildman–Crippen LogP) is 5.13. The van der Waals surface area contributed by atoms with Crippen molar-refractivity contribution in [1.29, 1.82) is 0 Å². The Morgan fingerprint density at radius 2 is 1.00 bits per heavy atom. The van der Waals surface area contributed by atoms with Crippen molar-refractivity contribution in [3.05, 3.63) is 0 Å². The van der Waals surface area contributed by atoms with Crippen molar-refractivity contribution in [1.82, 2.24) is 0 Å². The average Bonchev–Trinajstić information content (AvgIpc) is 2.07. The molecule has 9 heteroatoms. The maximum Gasteiger partial charge on any atom is 0.253 e. The second-order valence-electron chi connectivity index (χ2n) is 8.90. The molecule has 22 heavy (non-hydrogen) atoms. The van der Waals surface area contributed by atoms with E-state index in [4.69, 9.17) is 24.4 Å². The first-order chi connectivity index (χ1) is 9.43. The topological polar surface area (TPSA) is 27.7 Å². The summed E-state index contributed by atoms with van der Waals surface area (Å²) in [7, 11) is -4.57. The summed E-state index contributed by atoms with van der Waals surface area (Å²) in [5.74, 6) is 0. The second-order valence-corrected chi connectivity index (χ2v) is 28.7. The molecule has 0 heterocycles. The zero-order valence-electron chi connectivity index (χ0n) is 16.0. The van der Waals surface area contributed by atoms with Gasteiger partial charge in [-0.15, -0.1) is 0 Å². The van der Waals surface area contributed by atoms with Gasteiger partial charge in [0.15, 0.2) is 25.0 Å². The van der Waals surface area contributed by atoms with Crippen LogP contribution in [0.4, 0.5) is 0 Å². The van der Waals surface area contributed by atoms with E-state index in [0.29, 0.717) is 0 Å². The van der Waals surface area contributed by atoms with Crippen LogP contribution in [0.15, 0.2) is 0 Å². The minimum absolute atomic E-state index is 0.827. The van der Waals surface area contributed by atoms with Crippen molar-refractivity contribution >= 4 is 53.7 Å². The number of rotatable bonds is 9. The Kier molecular flexibility index (Phi) is 8.08. The van der Waals surface area contributed by atoms with E-state index in [2.05, 4.69) is 75.7 Å². The van der Waals surface area contributed by atoms with Gasteiger partial charge in [0.25, 0.3) is 7.38 Å². The third kappa shape index (κ3) is 8.38. The van der Waals surface area contributed by atoms with Crippen LogP contribution in [-0.4, -0.2) is 48.2 Å². The standard InChI is InChI=1S/C13H34ClO3Si5/c1-19(2,3)15-13(16-20(4,5)6,17-21(7,8)9)22(10,14)12-11-18/h11-12H2,1-10H3. The van der Waals surface area contributed by atoms with Crippen molar-refractivity contribution in [2.24, 2.45) is 0 Å². The molecule has 0 aliphatic heterocycles. The van der Waals surface area contributed by atoms with Gasteiger partial charge in [-0.05, 0) is 71.5 Å². The van der Waals surface area contributed by atoms with Crippen LogP contribution in [0.25, 0.3) is 0 Å². The maximum absolute atomic E-state index is 7.08. The van der Waals surface area contributed by atoms with Gasteiger partial charge < -0.3 is 13.3 Å². The monoisotopic (exact) mass is 413 g/mol. The highest BCUT2D eigenvalue weighted by Crippen LogP contribution is 2.41. The summed E-state index contributed by atoms with van der Waals surface area (Å²) in [4.78, 5) is 0. The molecule has 1 unspecified atom stereocenters. The zero-order valence-corrected chi connectivity index (χ0v) is 21.8. The molecule has 0 amide bonds. The van der Waals surface area contributed by atoms with E-state index < -0.39 is 37.9 Å². The fourth-order valence-electron chi connectivity index (χ4n) is 1.98. The van der Waals surface area contributed by atoms with Gasteiger partial charge in [-0.3, -0.25) is 0 Å². The summed E-state index contributed by atoms with van der Waals surface area (Å²) in [6.07, 6.45) is 0. The number of halogens is 1. The van der Waals surface area contributed by atoms with Crippen molar-refractivity contribution in [2.75, 3.05) is 0 Å². The highest BCUT2D eigenvalue weighted by atomic mass is 35.6. The maximum atomic E-state index is 7.08. The molecule has 3 radical (unpaired) electrons. The van der Waals surface area contributed by atoms with Crippen molar-refractivity contribution in [3.8, 4) is 0 Å². The third-order valence-electron chi connectivity index (χ3n) is 2.55. The molecule has 0 aromatic carbocycles. The van der Waals surface area contributed by atoms with Gasteiger partial charge in [0.05, 0.1) is 0 Å². The van der Waals surface area contributed by atoms with E-state index in [1.165, 1.54) is 0 Å². The molecule has 1 atom stereocenters. The minimum Gasteiger partial charge on any atom is -0.374 e. The fraction of sp³-hybridized carbons (Fsp3) is 1.00. The highest BCUT2D eigenvalue weighted by molar-refractivity contribution is 7.21. The fourth-order valence-corrected chi connectivity index (χ4v) is 14.3. The van der Waals surface area contributed by atoms with Gasteiger partial charge in [-0.2, -0.15) is 11.1 Å². The molecule has 0 aliphatic rings. The van der Waals surface area contributed by atoms with E-state index in [1.807, 2.05) is 0 Å². The van der Waals surface area contributed by atoms with Crippen molar-refractivity contribution < 1.29 is 13.3 Å². The first kappa shape index (κ1) is 23.3. The van der Waals surface area contributed by atoms with Gasteiger partial charge >= 0.3 is 0 Å². The zero-order chi connectivity index (χ0) is 18.0. The van der Waals surface area contributed by atoms with Crippen LogP contribution in [0, 0.1) is 0 Å². The summed E-state index contributed by atoms with van der Waals surface area (Å²) in [6, 6.07) is 1.66. The lowest BCUT2D eigenvalue weighted by Crippen LogP contribution is -2.67. The third-order valence-corrected chi connectivity index (χ3v) is 10.6. The normalized spacial score (nSPS) is 17.5. The van der Waals surface area contributed by atoms with Crippen LogP contribution in [0.2, 0.25) is 77.6 Å². The van der Waals surface area contributed by atoms with Crippen LogP contribution in [-0.2, 0) is 13.3 Å². The Morgan fingerprint density at radius 3 is 1.18 bits per heavy atom. The van der Waals surface area contributed by atoms with Crippen LogP contribution in [0.5, 0.6) is 0 Å². The summed E-state index contributed by atoms with van der Waals surface area (Å²) in [5.41, 5.74) is -1.04. The minimum atomic E-state index is -2.45. The quantitative estimate of drug-likeness (QED) is 0.297. The summed E-state index contributed by atoms with van der Waals surface area (Å²) < 4.78 is 19.7. The first-order valence-corrected chi connectivity index (χ1v) is 22.5. The molecule has 131 valence electrons. The van der Waals surface area contributed by atoms with Gasteiger partial charge in [0.2, 0.25) is 5.60 Å². The van der Waals surface area contributed by atoms with Gasteiger partial charge in [-0.25, -0.2) is 0 Å². The molecule has 0 spiro atoms. The van der Waals surface area contributed by atoms with E-state index in [1.54, 1.807) is 0 Å².